The zero-order valence-corrected chi connectivity index (χ0v) is 7.68. The zero-order chi connectivity index (χ0) is 10.1. The minimum Gasteiger partial charge on any atom is -0.479 e. The maximum absolute atomic E-state index is 10.5. The van der Waals surface area contributed by atoms with E-state index in [1.54, 1.807) is 12.1 Å². The van der Waals surface area contributed by atoms with Crippen molar-refractivity contribution in [2.45, 2.75) is 24.9 Å². The molecule has 0 aromatic heterocycles. The monoisotopic (exact) mass is 192 g/mol. The van der Waals surface area contributed by atoms with Gasteiger partial charge in [0.2, 0.25) is 0 Å². The number of carbonyl (C=O) groups is 1. The third-order valence-electron chi connectivity index (χ3n) is 2.53. The molecule has 14 heavy (non-hydrogen) atoms. The summed E-state index contributed by atoms with van der Waals surface area (Å²) in [5.74, 6) is -0.546. The van der Waals surface area contributed by atoms with Gasteiger partial charge in [-0.3, -0.25) is 0 Å². The molecule has 1 aliphatic carbocycles. The van der Waals surface area contributed by atoms with Crippen LogP contribution in [0.3, 0.4) is 0 Å². The van der Waals surface area contributed by atoms with Crippen LogP contribution in [0.2, 0.25) is 0 Å². The van der Waals surface area contributed by atoms with E-state index in [0.29, 0.717) is 11.5 Å². The molecule has 2 rings (SSSR count). The average Bonchev–Trinajstić information content (AvgIpc) is 3.00. The molecular formula is C11H12O3. The molecule has 1 aliphatic rings. The van der Waals surface area contributed by atoms with Gasteiger partial charge in [-0.25, -0.2) is 4.79 Å². The van der Waals surface area contributed by atoms with Crippen LogP contribution in [-0.4, -0.2) is 16.2 Å². The van der Waals surface area contributed by atoms with Crippen LogP contribution in [0.1, 0.15) is 36.0 Å². The Labute approximate surface area is 82.0 Å². The number of hydrogen-bond acceptors (Lipinski definition) is 2. The number of aliphatic carboxylic acids is 1. The number of rotatable bonds is 3. The summed E-state index contributed by atoms with van der Waals surface area (Å²) in [6, 6.07) is 7.18. The van der Waals surface area contributed by atoms with E-state index in [1.807, 2.05) is 12.1 Å². The number of carboxylic acid groups (broad SMARTS) is 1. The molecule has 1 unspecified atom stereocenters. The van der Waals surface area contributed by atoms with Crippen LogP contribution in [0.4, 0.5) is 0 Å². The summed E-state index contributed by atoms with van der Waals surface area (Å²) in [6.45, 7) is 0. The molecule has 0 radical (unpaired) electrons. The Morgan fingerprint density at radius 2 is 1.86 bits per heavy atom. The number of aliphatic hydroxyl groups excluding tert-OH is 1. The second-order valence-electron chi connectivity index (χ2n) is 3.68. The maximum atomic E-state index is 10.5. The highest BCUT2D eigenvalue weighted by atomic mass is 16.4. The smallest absolute Gasteiger partial charge is 0.337 e. The van der Waals surface area contributed by atoms with Gasteiger partial charge in [0.1, 0.15) is 0 Å². The summed E-state index contributed by atoms with van der Waals surface area (Å²) in [4.78, 5) is 10.5. The molecule has 1 fully saturated rings. The minimum absolute atomic E-state index is 0.446. The normalized spacial score (nSPS) is 17.8. The second-order valence-corrected chi connectivity index (χ2v) is 3.68. The fourth-order valence-corrected chi connectivity index (χ4v) is 1.51. The third kappa shape index (κ3) is 1.77. The molecule has 1 aromatic rings. The van der Waals surface area contributed by atoms with E-state index in [0.717, 1.165) is 0 Å². The summed E-state index contributed by atoms with van der Waals surface area (Å²) in [5, 5.41) is 17.8. The topological polar surface area (TPSA) is 57.5 Å². The molecule has 2 N–H and O–H groups in total. The third-order valence-corrected chi connectivity index (χ3v) is 2.53. The van der Waals surface area contributed by atoms with Crippen LogP contribution in [0.15, 0.2) is 24.3 Å². The van der Waals surface area contributed by atoms with Crippen molar-refractivity contribution >= 4 is 5.97 Å². The van der Waals surface area contributed by atoms with Crippen LogP contribution in [0.5, 0.6) is 0 Å². The highest BCUT2D eigenvalue weighted by Gasteiger charge is 2.23. The first-order valence-corrected chi connectivity index (χ1v) is 4.69. The highest BCUT2D eigenvalue weighted by molar-refractivity contribution is 5.73. The standard InChI is InChI=1S/C11H12O3/c12-10(11(13)14)9-5-3-8(4-6-9)7-1-2-7/h3-7,10,12H,1-2H2,(H,13,14). The molecule has 0 aliphatic heterocycles. The predicted molar refractivity (Wildman–Crippen MR) is 51.0 cm³/mol. The van der Waals surface area contributed by atoms with Gasteiger partial charge in [-0.15, -0.1) is 0 Å². The fourth-order valence-electron chi connectivity index (χ4n) is 1.51. The predicted octanol–water partition coefficient (Wildman–Crippen LogP) is 1.68. The Bertz CT molecular complexity index is 338. The van der Waals surface area contributed by atoms with Gasteiger partial charge in [-0.1, -0.05) is 24.3 Å². The molecule has 1 saturated carbocycles. The van der Waals surface area contributed by atoms with E-state index in [9.17, 15) is 9.90 Å². The summed E-state index contributed by atoms with van der Waals surface area (Å²) in [5.41, 5.74) is 1.69. The molecule has 74 valence electrons. The van der Waals surface area contributed by atoms with Gasteiger partial charge in [0.05, 0.1) is 0 Å². The van der Waals surface area contributed by atoms with Crippen molar-refractivity contribution in [2.24, 2.45) is 0 Å². The van der Waals surface area contributed by atoms with Gasteiger partial charge < -0.3 is 10.2 Å². The van der Waals surface area contributed by atoms with Crippen LogP contribution in [0, 0.1) is 0 Å². The number of carboxylic acids is 1. The highest BCUT2D eigenvalue weighted by Crippen LogP contribution is 2.40. The second kappa shape index (κ2) is 3.42. The summed E-state index contributed by atoms with van der Waals surface area (Å²) < 4.78 is 0. The Morgan fingerprint density at radius 1 is 1.29 bits per heavy atom. The van der Waals surface area contributed by atoms with Crippen LogP contribution in [0.25, 0.3) is 0 Å². The SMILES string of the molecule is O=C(O)C(O)c1ccc(C2CC2)cc1. The Kier molecular flexibility index (Phi) is 2.25. The van der Waals surface area contributed by atoms with Gasteiger partial charge in [-0.05, 0) is 29.9 Å². The van der Waals surface area contributed by atoms with E-state index in [1.165, 1.54) is 18.4 Å². The fraction of sp³-hybridized carbons (Fsp3) is 0.364. The van der Waals surface area contributed by atoms with Crippen molar-refractivity contribution in [3.05, 3.63) is 35.4 Å². The number of benzene rings is 1. The lowest BCUT2D eigenvalue weighted by Gasteiger charge is -2.06. The zero-order valence-electron chi connectivity index (χ0n) is 7.68. The number of aliphatic hydroxyl groups is 1. The van der Waals surface area contributed by atoms with Crippen molar-refractivity contribution in [3.8, 4) is 0 Å². The quantitative estimate of drug-likeness (QED) is 0.766. The first kappa shape index (κ1) is 9.21. The summed E-state index contributed by atoms with van der Waals surface area (Å²) in [7, 11) is 0. The first-order chi connectivity index (χ1) is 6.68. The number of hydrogen-bond donors (Lipinski definition) is 2. The van der Waals surface area contributed by atoms with Crippen molar-refractivity contribution in [1.29, 1.82) is 0 Å². The Hall–Kier alpha value is -1.35. The average molecular weight is 192 g/mol. The lowest BCUT2D eigenvalue weighted by atomic mass is 10.0. The molecular weight excluding hydrogens is 180 g/mol. The van der Waals surface area contributed by atoms with Crippen molar-refractivity contribution < 1.29 is 15.0 Å². The van der Waals surface area contributed by atoms with E-state index >= 15 is 0 Å². The van der Waals surface area contributed by atoms with E-state index < -0.39 is 12.1 Å². The Balaban J connectivity index is 2.16. The van der Waals surface area contributed by atoms with Gasteiger partial charge in [0.15, 0.2) is 6.10 Å². The van der Waals surface area contributed by atoms with Crippen molar-refractivity contribution in [2.75, 3.05) is 0 Å². The Morgan fingerprint density at radius 3 is 2.29 bits per heavy atom. The molecule has 0 spiro atoms. The van der Waals surface area contributed by atoms with Gasteiger partial charge in [0, 0.05) is 0 Å². The summed E-state index contributed by atoms with van der Waals surface area (Å²) in [6.07, 6.45) is 1.05. The minimum atomic E-state index is -1.40. The lowest BCUT2D eigenvalue weighted by Crippen LogP contribution is -2.10. The first-order valence-electron chi connectivity index (χ1n) is 4.69. The lowest BCUT2D eigenvalue weighted by molar-refractivity contribution is -0.146. The van der Waals surface area contributed by atoms with Gasteiger partial charge >= 0.3 is 5.97 Å². The molecule has 0 bridgehead atoms. The maximum Gasteiger partial charge on any atom is 0.337 e. The molecule has 0 amide bonds. The molecule has 1 aromatic carbocycles. The van der Waals surface area contributed by atoms with Crippen molar-refractivity contribution in [3.63, 3.8) is 0 Å². The molecule has 0 heterocycles. The molecule has 3 nitrogen and oxygen atoms in total. The summed E-state index contributed by atoms with van der Waals surface area (Å²) >= 11 is 0. The van der Waals surface area contributed by atoms with E-state index in [2.05, 4.69) is 0 Å². The van der Waals surface area contributed by atoms with Gasteiger partial charge in [-0.2, -0.15) is 0 Å². The van der Waals surface area contributed by atoms with Crippen LogP contribution >= 0.6 is 0 Å². The van der Waals surface area contributed by atoms with Crippen molar-refractivity contribution in [1.82, 2.24) is 0 Å². The van der Waals surface area contributed by atoms with E-state index in [4.69, 9.17) is 5.11 Å². The van der Waals surface area contributed by atoms with E-state index in [-0.39, 0.29) is 0 Å². The molecule has 0 saturated heterocycles. The molecule has 3 heteroatoms. The van der Waals surface area contributed by atoms with Gasteiger partial charge in [0.25, 0.3) is 0 Å². The molecule has 1 atom stereocenters. The van der Waals surface area contributed by atoms with Crippen LogP contribution in [-0.2, 0) is 4.79 Å². The largest absolute Gasteiger partial charge is 0.479 e. The van der Waals surface area contributed by atoms with Crippen LogP contribution < -0.4 is 0 Å².